The van der Waals surface area contributed by atoms with Gasteiger partial charge in [0.05, 0.1) is 5.69 Å². The summed E-state index contributed by atoms with van der Waals surface area (Å²) in [6.07, 6.45) is 3.38. The van der Waals surface area contributed by atoms with Crippen LogP contribution in [-0.2, 0) is 36.3 Å². The lowest BCUT2D eigenvalue weighted by atomic mass is 10.1. The first-order chi connectivity index (χ1) is 10.5. The summed E-state index contributed by atoms with van der Waals surface area (Å²) in [6, 6.07) is 6.77. The largest absolute Gasteiger partial charge is 0.740 e. The Morgan fingerprint density at radius 2 is 1.73 bits per heavy atom. The quantitative estimate of drug-likeness (QED) is 0.566. The van der Waals surface area contributed by atoms with Crippen LogP contribution in [0.15, 0.2) is 36.4 Å². The number of carbonyl (C=O) groups excluding carboxylic acids is 3. The summed E-state index contributed by atoms with van der Waals surface area (Å²) >= 11 is -2.83. The van der Waals surface area contributed by atoms with Crippen molar-refractivity contribution in [2.24, 2.45) is 0 Å². The molecule has 0 aliphatic carbocycles. The maximum atomic E-state index is 11.5. The zero-order valence-electron chi connectivity index (χ0n) is 11.4. The van der Waals surface area contributed by atoms with Gasteiger partial charge in [-0.05, 0) is 30.5 Å². The highest BCUT2D eigenvalue weighted by atomic mass is 32.2. The number of anilines is 1. The number of benzene rings is 1. The van der Waals surface area contributed by atoms with E-state index in [9.17, 15) is 23.1 Å². The number of imide groups is 1. The standard InChI is InChI=1S/C14H13NO6S/c16-12-8-9-13(17)15(12)11-6-4-10(5-7-11)2-1-3-14(18)21-22(19)20/h4-9H,1-3H2,(H,19,20)/p-1. The second kappa shape index (κ2) is 7.10. The molecule has 22 heavy (non-hydrogen) atoms. The minimum absolute atomic E-state index is 0.0112. The normalized spacial score (nSPS) is 15.2. The van der Waals surface area contributed by atoms with Crippen molar-refractivity contribution in [1.29, 1.82) is 0 Å². The molecule has 8 heteroatoms. The van der Waals surface area contributed by atoms with Crippen LogP contribution in [0.5, 0.6) is 0 Å². The first-order valence-electron chi connectivity index (χ1n) is 6.43. The second-order valence-corrected chi connectivity index (χ2v) is 5.10. The fourth-order valence-corrected chi connectivity index (χ4v) is 2.26. The molecule has 1 aromatic rings. The van der Waals surface area contributed by atoms with E-state index in [0.717, 1.165) is 10.5 Å². The molecule has 1 unspecified atom stereocenters. The Hall–Kier alpha value is -2.32. The average molecular weight is 322 g/mol. The lowest BCUT2D eigenvalue weighted by Crippen LogP contribution is -2.29. The summed E-state index contributed by atoms with van der Waals surface area (Å²) < 4.78 is 24.3. The van der Waals surface area contributed by atoms with Gasteiger partial charge in [0.25, 0.3) is 11.8 Å². The highest BCUT2D eigenvalue weighted by molar-refractivity contribution is 7.74. The van der Waals surface area contributed by atoms with Gasteiger partial charge in [0.1, 0.15) is 11.4 Å². The van der Waals surface area contributed by atoms with E-state index >= 15 is 0 Å². The summed E-state index contributed by atoms with van der Waals surface area (Å²) in [4.78, 5) is 35.1. The first kappa shape index (κ1) is 16.1. The van der Waals surface area contributed by atoms with Gasteiger partial charge in [-0.3, -0.25) is 14.4 Å². The molecule has 1 heterocycles. The number of carbonyl (C=O) groups is 3. The topological polar surface area (TPSA) is 104 Å². The van der Waals surface area contributed by atoms with Crippen molar-refractivity contribution in [1.82, 2.24) is 0 Å². The lowest BCUT2D eigenvalue weighted by Gasteiger charge is -2.14. The molecule has 0 spiro atoms. The molecular weight excluding hydrogens is 310 g/mol. The molecule has 1 aliphatic heterocycles. The molecule has 7 nitrogen and oxygen atoms in total. The van der Waals surface area contributed by atoms with Gasteiger partial charge in [-0.25, -0.2) is 9.11 Å². The van der Waals surface area contributed by atoms with Gasteiger partial charge in [-0.2, -0.15) is 0 Å². The lowest BCUT2D eigenvalue weighted by molar-refractivity contribution is -0.134. The SMILES string of the molecule is O=C(CCCc1ccc(N2C(=O)C=CC2=O)cc1)OS(=O)[O-]. The second-order valence-electron chi connectivity index (χ2n) is 4.52. The number of nitrogens with zero attached hydrogens (tertiary/aromatic N) is 1. The van der Waals surface area contributed by atoms with Gasteiger partial charge >= 0.3 is 5.97 Å². The van der Waals surface area contributed by atoms with Gasteiger partial charge < -0.3 is 8.74 Å². The third-order valence-corrected chi connectivity index (χ3v) is 3.33. The highest BCUT2D eigenvalue weighted by Gasteiger charge is 2.24. The van der Waals surface area contributed by atoms with Crippen molar-refractivity contribution in [3.8, 4) is 0 Å². The molecule has 0 saturated carbocycles. The molecule has 1 aliphatic rings. The van der Waals surface area contributed by atoms with E-state index in [2.05, 4.69) is 4.18 Å². The van der Waals surface area contributed by atoms with Crippen molar-refractivity contribution < 1.29 is 27.3 Å². The van der Waals surface area contributed by atoms with Gasteiger partial charge in [0.15, 0.2) is 0 Å². The van der Waals surface area contributed by atoms with Crippen molar-refractivity contribution in [3.05, 3.63) is 42.0 Å². The zero-order valence-corrected chi connectivity index (χ0v) is 12.2. The van der Waals surface area contributed by atoms with Crippen molar-refractivity contribution in [2.75, 3.05) is 4.90 Å². The zero-order chi connectivity index (χ0) is 16.1. The summed E-state index contributed by atoms with van der Waals surface area (Å²) in [5.41, 5.74) is 1.37. The molecule has 0 fully saturated rings. The molecule has 0 bridgehead atoms. The van der Waals surface area contributed by atoms with Crippen LogP contribution in [0.3, 0.4) is 0 Å². The van der Waals surface area contributed by atoms with E-state index in [4.69, 9.17) is 0 Å². The molecule has 1 atom stereocenters. The van der Waals surface area contributed by atoms with Crippen LogP contribution in [0.2, 0.25) is 0 Å². The molecule has 1 aromatic carbocycles. The number of hydrogen-bond donors (Lipinski definition) is 0. The average Bonchev–Trinajstić information content (AvgIpc) is 2.78. The summed E-state index contributed by atoms with van der Waals surface area (Å²) in [7, 11) is 0. The maximum Gasteiger partial charge on any atom is 0.319 e. The van der Waals surface area contributed by atoms with Gasteiger partial charge in [-0.15, -0.1) is 0 Å². The fourth-order valence-electron chi connectivity index (χ4n) is 2.02. The molecule has 0 saturated heterocycles. The van der Waals surface area contributed by atoms with Gasteiger partial charge in [0.2, 0.25) is 0 Å². The summed E-state index contributed by atoms with van der Waals surface area (Å²) in [5.74, 6) is -1.57. The Morgan fingerprint density at radius 3 is 2.27 bits per heavy atom. The smallest absolute Gasteiger partial charge is 0.319 e. The molecule has 116 valence electrons. The van der Waals surface area contributed by atoms with Crippen LogP contribution in [0.1, 0.15) is 18.4 Å². The summed E-state index contributed by atoms with van der Waals surface area (Å²) in [5, 5.41) is 0. The van der Waals surface area contributed by atoms with Gasteiger partial charge in [0, 0.05) is 18.6 Å². The predicted octanol–water partition coefficient (Wildman–Crippen LogP) is 0.776. The van der Waals surface area contributed by atoms with Crippen LogP contribution < -0.4 is 4.90 Å². The van der Waals surface area contributed by atoms with Crippen molar-refractivity contribution in [3.63, 3.8) is 0 Å². The first-order valence-corrected chi connectivity index (χ1v) is 7.43. The van der Waals surface area contributed by atoms with E-state index in [1.807, 2.05) is 0 Å². The molecular formula is C14H12NO6S-. The Bertz CT molecular complexity index is 634. The van der Waals surface area contributed by atoms with Crippen molar-refractivity contribution >= 4 is 34.8 Å². The molecule has 0 aromatic heterocycles. The molecule has 2 rings (SSSR count). The summed E-state index contributed by atoms with van der Waals surface area (Å²) in [6.45, 7) is 0. The predicted molar refractivity (Wildman–Crippen MR) is 76.0 cm³/mol. The van der Waals surface area contributed by atoms with E-state index < -0.39 is 17.3 Å². The van der Waals surface area contributed by atoms with Crippen LogP contribution in [-0.4, -0.2) is 26.5 Å². The van der Waals surface area contributed by atoms with Crippen LogP contribution in [0.25, 0.3) is 0 Å². The molecule has 0 radical (unpaired) electrons. The minimum Gasteiger partial charge on any atom is -0.740 e. The number of hydrogen-bond acceptors (Lipinski definition) is 6. The van der Waals surface area contributed by atoms with Crippen LogP contribution >= 0.6 is 0 Å². The molecule has 0 N–H and O–H groups in total. The number of rotatable bonds is 6. The number of aryl methyl sites for hydroxylation is 1. The minimum atomic E-state index is -2.83. The third-order valence-electron chi connectivity index (χ3n) is 3.01. The van der Waals surface area contributed by atoms with Gasteiger partial charge in [-0.1, -0.05) is 12.1 Å². The van der Waals surface area contributed by atoms with E-state index in [-0.39, 0.29) is 18.2 Å². The Balaban J connectivity index is 1.87. The Labute approximate surface area is 129 Å². The van der Waals surface area contributed by atoms with E-state index in [1.165, 1.54) is 12.2 Å². The monoisotopic (exact) mass is 322 g/mol. The third kappa shape index (κ3) is 4.09. The fraction of sp³-hybridized carbons (Fsp3) is 0.214. The Morgan fingerprint density at radius 1 is 1.14 bits per heavy atom. The van der Waals surface area contributed by atoms with E-state index in [0.29, 0.717) is 18.5 Å². The Kier molecular flexibility index (Phi) is 5.18. The highest BCUT2D eigenvalue weighted by Crippen LogP contribution is 2.20. The van der Waals surface area contributed by atoms with E-state index in [1.54, 1.807) is 24.3 Å². The maximum absolute atomic E-state index is 11.5. The molecule has 2 amide bonds. The van der Waals surface area contributed by atoms with Crippen LogP contribution in [0, 0.1) is 0 Å². The van der Waals surface area contributed by atoms with Crippen molar-refractivity contribution in [2.45, 2.75) is 19.3 Å². The van der Waals surface area contributed by atoms with Crippen LogP contribution in [0.4, 0.5) is 5.69 Å². The number of amides is 2.